The molecule has 0 bridgehead atoms. The van der Waals surface area contributed by atoms with E-state index in [1.807, 2.05) is 237 Å². The zero-order valence-electron chi connectivity index (χ0n) is 77.5. The van der Waals surface area contributed by atoms with Gasteiger partial charge in [-0.15, -0.1) is 0 Å². The Labute approximate surface area is 789 Å². The fourth-order valence-corrected chi connectivity index (χ4v) is 17.1. The van der Waals surface area contributed by atoms with E-state index in [0.717, 1.165) is 27.8 Å². The van der Waals surface area contributed by atoms with E-state index in [0.29, 0.717) is 44.9 Å². The van der Waals surface area contributed by atoms with Crippen molar-refractivity contribution in [2.75, 3.05) is 7.15 Å². The number of carbonyl (C=O) groups excluding carboxylic acids is 6. The minimum absolute atomic E-state index is 0. The van der Waals surface area contributed by atoms with Crippen LogP contribution < -0.4 is 56.1 Å². The van der Waals surface area contributed by atoms with Crippen molar-refractivity contribution in [1.29, 1.82) is 0 Å². The van der Waals surface area contributed by atoms with E-state index in [1.165, 1.54) is 0 Å². The van der Waals surface area contributed by atoms with Gasteiger partial charge < -0.3 is 129 Å². The molecule has 5 amide bonds. The van der Waals surface area contributed by atoms with Crippen LogP contribution in [0.25, 0.3) is 0 Å². The zero-order valence-corrected chi connectivity index (χ0v) is 77.5. The van der Waals surface area contributed by atoms with Crippen molar-refractivity contribution in [1.82, 2.24) is 26.6 Å². The Hall–Kier alpha value is -8.79. The van der Waals surface area contributed by atoms with Gasteiger partial charge in [0.25, 0.3) is 0 Å². The average molecular weight is 1840 g/mol. The van der Waals surface area contributed by atoms with Crippen LogP contribution >= 0.6 is 0 Å². The van der Waals surface area contributed by atoms with Gasteiger partial charge in [0, 0.05) is 5.92 Å². The van der Waals surface area contributed by atoms with Gasteiger partial charge in [-0.3, -0.25) is 9.18 Å². The molecule has 30 atom stereocenters. The molecule has 14 rings (SSSR count). The molecule has 2 saturated carbocycles. The summed E-state index contributed by atoms with van der Waals surface area (Å²) in [6.07, 6.45) is -4.15. The van der Waals surface area contributed by atoms with E-state index in [9.17, 15) is 48.5 Å². The number of nitrogens with one attached hydrogen (secondary N) is 5. The second kappa shape index (κ2) is 51.6. The summed E-state index contributed by atoms with van der Waals surface area (Å²) in [5.74, 6) is -1.06. The summed E-state index contributed by atoms with van der Waals surface area (Å²) in [7, 11) is -1.00. The topological polar surface area (TPSA) is 389 Å². The van der Waals surface area contributed by atoms with Gasteiger partial charge in [-0.25, -0.2) is 24.0 Å². The van der Waals surface area contributed by atoms with E-state index in [4.69, 9.17) is 86.6 Å². The largest absolute Gasteiger partial charge is 1.00 e. The van der Waals surface area contributed by atoms with Crippen molar-refractivity contribution in [2.45, 2.75) is 312 Å². The van der Waals surface area contributed by atoms with Crippen LogP contribution in [0.3, 0.4) is 0 Å². The maximum absolute atomic E-state index is 13.2. The molecule has 131 heavy (non-hydrogen) atoms. The number of hydrogen-bond donors (Lipinski definition) is 8. The summed E-state index contributed by atoms with van der Waals surface area (Å²) in [6.45, 7) is 15.8. The molecule has 0 radical (unpaired) electrons. The molecule has 0 spiro atoms. The van der Waals surface area contributed by atoms with Crippen molar-refractivity contribution in [3.8, 4) is 0 Å². The monoisotopic (exact) mass is 1840 g/mol. The first-order valence-electron chi connectivity index (χ1n) is 45.8. The van der Waals surface area contributed by atoms with Crippen LogP contribution in [-0.2, 0) is 123 Å². The van der Waals surface area contributed by atoms with Crippen molar-refractivity contribution in [3.05, 3.63) is 228 Å². The van der Waals surface area contributed by atoms with Gasteiger partial charge in [0.1, 0.15) is 106 Å². The molecule has 34 heteroatoms. The normalized spacial score (nSPS) is 33.3. The Balaban J connectivity index is 0.000000266. The van der Waals surface area contributed by atoms with Crippen LogP contribution in [0, 0.1) is 17.8 Å². The number of fused-ring (bicyclic) bond motifs is 1. The van der Waals surface area contributed by atoms with Gasteiger partial charge in [-0.05, 0) is 91.0 Å². The molecule has 7 aliphatic heterocycles. The van der Waals surface area contributed by atoms with Crippen molar-refractivity contribution in [3.63, 3.8) is 0 Å². The number of aliphatic hydroxyl groups is 3. The number of alkyl halides is 1. The summed E-state index contributed by atoms with van der Waals surface area (Å²) in [4.78, 5) is 78.1. The van der Waals surface area contributed by atoms with Gasteiger partial charge in [0.15, 0.2) is 37.7 Å². The number of halogens is 1. The van der Waals surface area contributed by atoms with Gasteiger partial charge >= 0.3 is 66.0 Å². The Morgan fingerprint density at radius 2 is 0.649 bits per heavy atom. The van der Waals surface area contributed by atoms with Crippen LogP contribution in [0.1, 0.15) is 144 Å². The molecular weight excluding hydrogens is 1710 g/mol. The van der Waals surface area contributed by atoms with Crippen LogP contribution in [0.4, 0.5) is 28.4 Å². The van der Waals surface area contributed by atoms with Crippen LogP contribution in [0.2, 0.25) is 0 Å². The smallest absolute Gasteiger partial charge is 1.00 e. The Kier molecular flexibility index (Phi) is 39.9. The first kappa shape index (κ1) is 101. The molecule has 0 aromatic heterocycles. The predicted octanol–water partition coefficient (Wildman–Crippen LogP) is 9.59. The molecule has 2 aliphatic carbocycles. The van der Waals surface area contributed by atoms with Gasteiger partial charge in [0.05, 0.1) is 69.8 Å². The molecule has 5 aromatic rings. The number of rotatable bonds is 33. The third kappa shape index (κ3) is 28.9. The summed E-state index contributed by atoms with van der Waals surface area (Å²) in [5, 5.41) is 50.3. The third-order valence-corrected chi connectivity index (χ3v) is 24.1. The van der Waals surface area contributed by atoms with E-state index in [1.54, 1.807) is 18.2 Å². The second-order valence-electron chi connectivity index (χ2n) is 33.4. The SMILES string of the molecule is CC[C@H]1C=C[C@@H](NC(=O)OCc2ccccc2)[C@@H](O[C@H]2[C@@H](O)[C@H](O[C@@H]3[C@@H](O)[C@H](NC(=O)OCc4ccccc4)C[C@H](C)[C@H]3O[C@H]3O[C@H](CC)C=C[C@H]3NC(=O)OCc3ccccc3)O[C@@H]2CC)O1.CC[C@H]1C=C[C@@H](NC(=O)OCc2ccccc2)[C@@H](O[C@H]2[C@@H](O)[C@H](O[C@@H]3[C@H]4OC(=O)C[C@@H]4C[C@H](C)[C@H]3O[C@H]3O[C@H](CC)C=C[C@H]3NC(=O)OCc3ccccc3)O[C@@H]2CC)O1.[2H]CF.[H-].[Na+]. The average Bonchev–Trinajstić information content (AvgIpc) is 1.74. The summed E-state index contributed by atoms with van der Waals surface area (Å²) in [5.41, 5.74) is 4.10. The van der Waals surface area contributed by atoms with Gasteiger partial charge in [-0.2, -0.15) is 0 Å². The van der Waals surface area contributed by atoms with Gasteiger partial charge in [0.2, 0.25) is 0 Å². The van der Waals surface area contributed by atoms with Crippen molar-refractivity contribution >= 4 is 36.4 Å². The number of hydrogen-bond acceptors (Lipinski definition) is 27. The second-order valence-corrected chi connectivity index (χ2v) is 33.4. The fourth-order valence-electron chi connectivity index (χ4n) is 17.1. The quantitative estimate of drug-likeness (QED) is 0.00838. The zero-order chi connectivity index (χ0) is 92.9. The maximum Gasteiger partial charge on any atom is 1.00 e. The molecule has 7 heterocycles. The standard InChI is InChI=1S/C51H65N3O14.C45H58N2O13.CH3F.Na.H/c1-5-35-23-25-37(52-49(57)60-28-32-17-11-8-12-18-32)46(63-35)66-43-31(4)27-39(54-51(59)62-30-34-21-15-10-16-22-34)41(55)45(43)68-48-42(56)44(40(7-3)65-48)67-47-38(26-24-36(6-2)64-47)53-50(58)61-29-33-19-13-9-14-20-33;1-5-30-18-20-32(46-44(50)52-24-27-14-10-8-11-15-27)41(54-30)58-37-26(4)22-29-23-35(48)57-38(29)40(37)60-43-36(49)39(34(7-3)56-43)59-42-33(21-19-31(6-2)55-42)47-45(51)53-25-28-16-12-9-13-17-28;1-2;;/h8-26,31,35-48,55-56H,5-7,27-30H2,1-4H3,(H,52,57)(H,53,58)(H,54,59);8-21,26,29-34,36-43,49H,5-7,22-25H2,1-4H3,(H,46,50)(H,47,51);1H3;;/q;;;+1;-1/t31-,35+,36-,37+,38+,39+,40+,41-,42+,43+,44+,45+,46+,47+,48-;26-,29-,30+,31-,32+,33+,34+,36+,37+,38-,39+,40-,41+,42+,43-;;;/m00.../s1/i;;1D;;. The molecule has 710 valence electrons. The molecule has 5 fully saturated rings. The van der Waals surface area contributed by atoms with Crippen LogP contribution in [-0.4, -0.2) is 225 Å². The number of amides is 5. The number of carbonyl (C=O) groups is 6. The number of aliphatic hydroxyl groups excluding tert-OH is 3. The number of esters is 1. The predicted molar refractivity (Wildman–Crippen MR) is 469 cm³/mol. The third-order valence-electron chi connectivity index (χ3n) is 24.1. The van der Waals surface area contributed by atoms with Crippen molar-refractivity contribution < 1.29 is 166 Å². The number of ether oxygens (including phenoxy) is 18. The molecule has 8 N–H and O–H groups in total. The minimum atomic E-state index is -1.43. The first-order chi connectivity index (χ1) is 63.5. The Morgan fingerprint density at radius 1 is 0.374 bits per heavy atom. The maximum atomic E-state index is 13.2. The van der Waals surface area contributed by atoms with Crippen molar-refractivity contribution in [2.24, 2.45) is 17.8 Å². The summed E-state index contributed by atoms with van der Waals surface area (Å²) < 4.78 is 127. The van der Waals surface area contributed by atoms with Crippen LogP contribution in [0.15, 0.2) is 200 Å². The van der Waals surface area contributed by atoms with E-state index < -0.39 is 185 Å². The molecule has 0 unspecified atom stereocenters. The summed E-state index contributed by atoms with van der Waals surface area (Å²) in [6, 6.07) is 42.6. The van der Waals surface area contributed by atoms with E-state index in [-0.39, 0.29) is 119 Å². The van der Waals surface area contributed by atoms with E-state index >= 15 is 0 Å². The minimum Gasteiger partial charge on any atom is -1.00 e. The fraction of sp³-hybridized carbons (Fsp3) is 0.546. The molecule has 32 nitrogen and oxygen atoms in total. The molecule has 5 aromatic carbocycles. The number of alkyl carbamates (subject to hydrolysis) is 5. The Morgan fingerprint density at radius 3 is 0.954 bits per heavy atom. The first-order valence-corrected chi connectivity index (χ1v) is 45.1. The van der Waals surface area contributed by atoms with Gasteiger partial charge in [-0.1, -0.05) is 256 Å². The summed E-state index contributed by atoms with van der Waals surface area (Å²) >= 11 is 0. The van der Waals surface area contributed by atoms with E-state index in [2.05, 4.69) is 26.6 Å². The van der Waals surface area contributed by atoms with Crippen LogP contribution in [0.5, 0.6) is 0 Å². The Bertz CT molecular complexity index is 4480. The molecule has 3 saturated heterocycles. The number of benzene rings is 5. The molecular formula is C97H127FN5NaO27. The molecule has 9 aliphatic rings.